The highest BCUT2D eigenvalue weighted by Gasteiger charge is 2.02. The summed E-state index contributed by atoms with van der Waals surface area (Å²) in [4.78, 5) is 10.3. The topological polar surface area (TPSA) is 33.3 Å². The van der Waals surface area contributed by atoms with Gasteiger partial charge in [-0.3, -0.25) is 0 Å². The molecule has 0 aliphatic rings. The van der Waals surface area contributed by atoms with Crippen molar-refractivity contribution in [2.24, 2.45) is 5.18 Å². The van der Waals surface area contributed by atoms with Crippen LogP contribution in [-0.2, 0) is 13.1 Å². The summed E-state index contributed by atoms with van der Waals surface area (Å²) in [7, 11) is 0. The zero-order valence-corrected chi connectivity index (χ0v) is 13.6. The maximum Gasteiger partial charge on any atom is 0.173 e. The first-order valence-electron chi connectivity index (χ1n) is 8.64. The molecule has 1 aromatic heterocycles. The van der Waals surface area contributed by atoms with Crippen LogP contribution in [0.4, 0.5) is 0 Å². The minimum Gasteiger partial charge on any atom is -0.205 e. The van der Waals surface area contributed by atoms with Gasteiger partial charge in [-0.2, -0.15) is 4.91 Å². The van der Waals surface area contributed by atoms with E-state index in [0.717, 1.165) is 12.1 Å². The van der Waals surface area contributed by atoms with Crippen LogP contribution in [0, 0.1) is 4.91 Å². The molecule has 0 amide bonds. The Morgan fingerprint density at radius 2 is 1.57 bits per heavy atom. The van der Waals surface area contributed by atoms with E-state index in [9.17, 15) is 4.91 Å². The second kappa shape index (κ2) is 12.5. The van der Waals surface area contributed by atoms with Crippen LogP contribution < -0.4 is 4.57 Å². The quantitative estimate of drug-likeness (QED) is 0.281. The molecule has 0 spiro atoms. The van der Waals surface area contributed by atoms with Gasteiger partial charge in [-0.05, 0) is 12.5 Å². The van der Waals surface area contributed by atoms with Gasteiger partial charge in [0.25, 0.3) is 0 Å². The van der Waals surface area contributed by atoms with Crippen molar-refractivity contribution >= 4 is 0 Å². The largest absolute Gasteiger partial charge is 0.205 e. The van der Waals surface area contributed by atoms with E-state index in [4.69, 9.17) is 0 Å². The summed E-state index contributed by atoms with van der Waals surface area (Å²) in [6.07, 6.45) is 17.7. The van der Waals surface area contributed by atoms with Crippen molar-refractivity contribution in [1.82, 2.24) is 0 Å². The third-order valence-corrected chi connectivity index (χ3v) is 3.94. The second-order valence-corrected chi connectivity index (χ2v) is 5.92. The maximum absolute atomic E-state index is 10.3. The zero-order chi connectivity index (χ0) is 15.2. The summed E-state index contributed by atoms with van der Waals surface area (Å²) in [6.45, 7) is 3.59. The Balaban J connectivity index is 1.99. The molecule has 0 saturated heterocycles. The Bertz CT molecular complexity index is 379. The lowest BCUT2D eigenvalue weighted by Crippen LogP contribution is -2.33. The van der Waals surface area contributed by atoms with Crippen molar-refractivity contribution in [3.05, 3.63) is 35.0 Å². The van der Waals surface area contributed by atoms with Gasteiger partial charge >= 0.3 is 0 Å². The highest BCUT2D eigenvalue weighted by molar-refractivity contribution is 5.04. The predicted molar refractivity (Wildman–Crippen MR) is 88.0 cm³/mol. The van der Waals surface area contributed by atoms with Crippen molar-refractivity contribution < 1.29 is 4.57 Å². The number of hydrogen-bond donors (Lipinski definition) is 0. The molecule has 0 N–H and O–H groups in total. The number of hydrogen-bond acceptors (Lipinski definition) is 2. The summed E-state index contributed by atoms with van der Waals surface area (Å²) in [6, 6.07) is 3.95. The average molecular weight is 291 g/mol. The molecule has 3 heteroatoms. The molecular formula is C18H31N2O+. The lowest BCUT2D eigenvalue weighted by Gasteiger charge is -2.01. The van der Waals surface area contributed by atoms with Crippen LogP contribution in [0.25, 0.3) is 0 Å². The fourth-order valence-electron chi connectivity index (χ4n) is 2.67. The van der Waals surface area contributed by atoms with Gasteiger partial charge in [0, 0.05) is 18.1 Å². The van der Waals surface area contributed by atoms with Gasteiger partial charge in [-0.25, -0.2) is 4.57 Å². The van der Waals surface area contributed by atoms with Gasteiger partial charge in [0.1, 0.15) is 13.1 Å². The molecule has 0 aromatic carbocycles. The third kappa shape index (κ3) is 9.33. The van der Waals surface area contributed by atoms with Crippen LogP contribution in [-0.4, -0.2) is 0 Å². The number of rotatable bonds is 13. The van der Waals surface area contributed by atoms with Crippen molar-refractivity contribution in [1.29, 1.82) is 0 Å². The molecule has 118 valence electrons. The summed E-state index contributed by atoms with van der Waals surface area (Å²) in [5.74, 6) is 0. The lowest BCUT2D eigenvalue weighted by atomic mass is 10.1. The fraction of sp³-hybridized carbons (Fsp3) is 0.722. The zero-order valence-electron chi connectivity index (χ0n) is 13.6. The smallest absolute Gasteiger partial charge is 0.173 e. The van der Waals surface area contributed by atoms with E-state index < -0.39 is 0 Å². The van der Waals surface area contributed by atoms with Crippen molar-refractivity contribution in [2.45, 2.75) is 84.2 Å². The molecular weight excluding hydrogens is 260 g/mol. The van der Waals surface area contributed by atoms with Gasteiger partial charge in [-0.1, -0.05) is 63.5 Å². The van der Waals surface area contributed by atoms with E-state index in [2.05, 4.69) is 22.9 Å². The summed E-state index contributed by atoms with van der Waals surface area (Å²) in [5.41, 5.74) is 1.000. The minimum atomic E-state index is 0.277. The second-order valence-electron chi connectivity index (χ2n) is 5.92. The molecule has 0 aliphatic carbocycles. The number of aromatic nitrogens is 1. The first kappa shape index (κ1) is 17.8. The van der Waals surface area contributed by atoms with Crippen LogP contribution >= 0.6 is 0 Å². The lowest BCUT2D eigenvalue weighted by molar-refractivity contribution is -0.697. The van der Waals surface area contributed by atoms with Gasteiger partial charge in [-0.15, -0.1) is 0 Å². The highest BCUT2D eigenvalue weighted by Crippen LogP contribution is 2.10. The highest BCUT2D eigenvalue weighted by atomic mass is 16.3. The van der Waals surface area contributed by atoms with Crippen LogP contribution in [0.3, 0.4) is 0 Å². The van der Waals surface area contributed by atoms with Gasteiger partial charge < -0.3 is 0 Å². The van der Waals surface area contributed by atoms with Crippen LogP contribution in [0.5, 0.6) is 0 Å². The Hall–Kier alpha value is -1.25. The fourth-order valence-corrected chi connectivity index (χ4v) is 2.67. The van der Waals surface area contributed by atoms with Crippen molar-refractivity contribution in [3.63, 3.8) is 0 Å². The third-order valence-electron chi connectivity index (χ3n) is 3.94. The van der Waals surface area contributed by atoms with Gasteiger partial charge in [0.2, 0.25) is 0 Å². The van der Waals surface area contributed by atoms with Gasteiger partial charge in [0.15, 0.2) is 12.4 Å². The van der Waals surface area contributed by atoms with Crippen LogP contribution in [0.15, 0.2) is 29.7 Å². The first-order valence-corrected chi connectivity index (χ1v) is 8.64. The molecule has 0 radical (unpaired) electrons. The van der Waals surface area contributed by atoms with E-state index in [1.807, 2.05) is 18.3 Å². The van der Waals surface area contributed by atoms with Gasteiger partial charge in [0.05, 0.1) is 0 Å². The molecule has 0 saturated carbocycles. The molecule has 3 nitrogen and oxygen atoms in total. The van der Waals surface area contributed by atoms with E-state index in [-0.39, 0.29) is 6.54 Å². The standard InChI is InChI=1S/C18H31N2O/c1-2-3-4-5-6-7-8-9-10-11-14-20-15-12-13-18(17-20)16-19-21/h12-13,15,17H,2-11,14,16H2,1H3/q+1. The SMILES string of the molecule is CCCCCCCCCCCC[n+]1cccc(CN=O)c1. The summed E-state index contributed by atoms with van der Waals surface area (Å²) >= 11 is 0. The normalized spacial score (nSPS) is 10.7. The number of nitroso groups, excluding NO2 is 1. The number of unbranched alkanes of at least 4 members (excludes halogenated alkanes) is 9. The maximum atomic E-state index is 10.3. The predicted octanol–water partition coefficient (Wildman–Crippen LogP) is 5.16. The molecule has 0 fully saturated rings. The van der Waals surface area contributed by atoms with Crippen LogP contribution in [0.2, 0.25) is 0 Å². The minimum absolute atomic E-state index is 0.277. The van der Waals surface area contributed by atoms with E-state index >= 15 is 0 Å². The van der Waals surface area contributed by atoms with Crippen molar-refractivity contribution in [3.8, 4) is 0 Å². The molecule has 1 aromatic rings. The van der Waals surface area contributed by atoms with E-state index in [1.165, 1.54) is 64.2 Å². The first-order chi connectivity index (χ1) is 10.4. The van der Waals surface area contributed by atoms with Crippen molar-refractivity contribution in [2.75, 3.05) is 0 Å². The average Bonchev–Trinajstić information content (AvgIpc) is 2.50. The monoisotopic (exact) mass is 291 g/mol. The Morgan fingerprint density at radius 1 is 0.952 bits per heavy atom. The van der Waals surface area contributed by atoms with E-state index in [0.29, 0.717) is 0 Å². The molecule has 0 unspecified atom stereocenters. The van der Waals surface area contributed by atoms with E-state index in [1.54, 1.807) is 0 Å². The summed E-state index contributed by atoms with van der Waals surface area (Å²) < 4.78 is 2.17. The number of pyridine rings is 1. The Morgan fingerprint density at radius 3 is 2.19 bits per heavy atom. The number of nitrogens with zero attached hydrogens (tertiary/aromatic N) is 2. The van der Waals surface area contributed by atoms with Crippen LogP contribution in [0.1, 0.15) is 76.7 Å². The summed E-state index contributed by atoms with van der Waals surface area (Å²) in [5, 5.41) is 2.94. The Kier molecular flexibility index (Phi) is 10.6. The molecule has 0 atom stereocenters. The molecule has 0 aliphatic heterocycles. The molecule has 0 bridgehead atoms. The molecule has 21 heavy (non-hydrogen) atoms. The molecule has 1 rings (SSSR count). The number of aryl methyl sites for hydroxylation is 1. The Labute approximate surface area is 129 Å². The molecule has 1 heterocycles.